The van der Waals surface area contributed by atoms with Gasteiger partial charge in [-0.2, -0.15) is 5.26 Å². The van der Waals surface area contributed by atoms with Gasteiger partial charge in [0.15, 0.2) is 0 Å². The van der Waals surface area contributed by atoms with Crippen LogP contribution in [0.2, 0.25) is 0 Å². The van der Waals surface area contributed by atoms with Crippen LogP contribution in [0.1, 0.15) is 5.56 Å². The highest BCUT2D eigenvalue weighted by molar-refractivity contribution is 6.29. The molecule has 0 saturated carbocycles. The Morgan fingerprint density at radius 1 is 0.321 bits per heavy atom. The number of hydrogen-bond acceptors (Lipinski definition) is 1. The molecule has 0 fully saturated rings. The molecule has 11 aromatic rings. The number of nitrogens with zero attached hydrogens (tertiary/aromatic N) is 4. The van der Waals surface area contributed by atoms with E-state index in [2.05, 4.69) is 196 Å². The maximum absolute atomic E-state index is 11.0. The van der Waals surface area contributed by atoms with Crippen molar-refractivity contribution in [2.24, 2.45) is 0 Å². The Hall–Kier alpha value is -7.35. The highest BCUT2D eigenvalue weighted by atomic mass is 15.0. The van der Waals surface area contributed by atoms with Gasteiger partial charge in [-0.05, 0) is 66.7 Å². The lowest BCUT2D eigenvalue weighted by atomic mass is 9.94. The zero-order valence-corrected chi connectivity index (χ0v) is 28.6. The van der Waals surface area contributed by atoms with Crippen LogP contribution in [0.5, 0.6) is 0 Å². The molecule has 0 atom stereocenters. The molecular weight excluding hydrogens is 645 g/mol. The molecule has 246 valence electrons. The third kappa shape index (κ3) is 4.11. The van der Waals surface area contributed by atoms with E-state index in [0.717, 1.165) is 61.0 Å². The van der Waals surface area contributed by atoms with E-state index in [1.54, 1.807) is 0 Å². The first-order valence-electron chi connectivity index (χ1n) is 17.9. The van der Waals surface area contributed by atoms with Gasteiger partial charge in [0, 0.05) is 54.8 Å². The third-order valence-electron chi connectivity index (χ3n) is 10.9. The van der Waals surface area contributed by atoms with Gasteiger partial charge >= 0.3 is 0 Å². The predicted molar refractivity (Wildman–Crippen MR) is 220 cm³/mol. The van der Waals surface area contributed by atoms with Gasteiger partial charge in [0.05, 0.1) is 44.4 Å². The summed E-state index contributed by atoms with van der Waals surface area (Å²) >= 11 is 0. The molecule has 0 aliphatic carbocycles. The molecule has 4 nitrogen and oxygen atoms in total. The summed E-state index contributed by atoms with van der Waals surface area (Å²) in [5, 5.41) is 17.9. The molecular formula is C49H30N4. The highest BCUT2D eigenvalue weighted by Gasteiger charge is 2.24. The number of nitriles is 1. The SMILES string of the molecule is N#Cc1c(-c2ccccc2-n2c3ccccc3c3c4c5ccccc5n(-c5ccccc5)c4ccc32)ccc2c1c1ccccc1n2-c1ccccc1. The maximum atomic E-state index is 11.0. The summed E-state index contributed by atoms with van der Waals surface area (Å²) < 4.78 is 7.04. The van der Waals surface area contributed by atoms with E-state index in [0.29, 0.717) is 5.56 Å². The standard InChI is InChI=1S/C49H30N4/c50-31-39-34(27-28-44-47(39)36-20-8-12-24-41(36)51(44)32-15-3-1-4-16-32)35-19-7-11-23-40(35)53-43-26-14-10-22-38(43)49-46(53)30-29-45-48(49)37-21-9-13-25-42(37)52(45)33-17-5-2-6-18-33/h1-30H. The van der Waals surface area contributed by atoms with Crippen LogP contribution < -0.4 is 0 Å². The first kappa shape index (κ1) is 29.4. The molecule has 0 N–H and O–H groups in total. The summed E-state index contributed by atoms with van der Waals surface area (Å²) in [7, 11) is 0. The fourth-order valence-electron chi connectivity index (χ4n) is 8.79. The summed E-state index contributed by atoms with van der Waals surface area (Å²) in [5.74, 6) is 0. The Labute approximate surface area is 305 Å². The van der Waals surface area contributed by atoms with E-state index in [4.69, 9.17) is 0 Å². The van der Waals surface area contributed by atoms with Gasteiger partial charge in [0.2, 0.25) is 0 Å². The zero-order valence-electron chi connectivity index (χ0n) is 28.6. The quantitative estimate of drug-likeness (QED) is 0.183. The number of hydrogen-bond donors (Lipinski definition) is 0. The second-order valence-corrected chi connectivity index (χ2v) is 13.6. The molecule has 0 unspecified atom stereocenters. The van der Waals surface area contributed by atoms with Gasteiger partial charge in [0.1, 0.15) is 6.07 Å². The molecule has 11 rings (SSSR count). The van der Waals surface area contributed by atoms with Crippen LogP contribution in [0.15, 0.2) is 182 Å². The molecule has 0 amide bonds. The van der Waals surface area contributed by atoms with Crippen molar-refractivity contribution in [3.8, 4) is 34.3 Å². The Balaban J connectivity index is 1.23. The summed E-state index contributed by atoms with van der Waals surface area (Å²) in [6.07, 6.45) is 0. The second-order valence-electron chi connectivity index (χ2n) is 13.6. The minimum Gasteiger partial charge on any atom is -0.309 e. The zero-order chi connectivity index (χ0) is 35.0. The van der Waals surface area contributed by atoms with Crippen LogP contribution in [0, 0.1) is 11.3 Å². The van der Waals surface area contributed by atoms with E-state index in [9.17, 15) is 5.26 Å². The summed E-state index contributed by atoms with van der Waals surface area (Å²) in [6.45, 7) is 0. The second kappa shape index (κ2) is 11.3. The van der Waals surface area contributed by atoms with Crippen molar-refractivity contribution in [3.63, 3.8) is 0 Å². The van der Waals surface area contributed by atoms with Crippen molar-refractivity contribution in [2.75, 3.05) is 0 Å². The van der Waals surface area contributed by atoms with Gasteiger partial charge in [-0.15, -0.1) is 0 Å². The van der Waals surface area contributed by atoms with Crippen LogP contribution >= 0.6 is 0 Å². The molecule has 3 heterocycles. The summed E-state index contributed by atoms with van der Waals surface area (Å²) in [6, 6.07) is 67.0. The number of fused-ring (bicyclic) bond motifs is 10. The molecule has 0 spiro atoms. The van der Waals surface area contributed by atoms with Crippen LogP contribution in [-0.2, 0) is 0 Å². The average Bonchev–Trinajstić information content (AvgIpc) is 3.87. The van der Waals surface area contributed by atoms with Crippen molar-refractivity contribution in [1.29, 1.82) is 5.26 Å². The van der Waals surface area contributed by atoms with E-state index in [-0.39, 0.29) is 0 Å². The molecule has 0 bridgehead atoms. The molecule has 3 aromatic heterocycles. The first-order valence-corrected chi connectivity index (χ1v) is 17.9. The Bertz CT molecular complexity index is 3280. The van der Waals surface area contributed by atoms with E-state index in [1.807, 2.05) is 6.07 Å². The van der Waals surface area contributed by atoms with Crippen LogP contribution in [0.4, 0.5) is 0 Å². The minimum absolute atomic E-state index is 0.676. The molecule has 0 aliphatic rings. The van der Waals surface area contributed by atoms with Gasteiger partial charge < -0.3 is 13.7 Å². The largest absolute Gasteiger partial charge is 0.309 e. The summed E-state index contributed by atoms with van der Waals surface area (Å²) in [5.41, 5.74) is 12.6. The minimum atomic E-state index is 0.676. The number of benzene rings is 8. The molecule has 8 aromatic carbocycles. The number of para-hydroxylation sites is 6. The lowest BCUT2D eigenvalue weighted by molar-refractivity contribution is 1.17. The average molecular weight is 675 g/mol. The van der Waals surface area contributed by atoms with Crippen LogP contribution in [0.3, 0.4) is 0 Å². The molecule has 53 heavy (non-hydrogen) atoms. The normalized spacial score (nSPS) is 11.8. The fraction of sp³-hybridized carbons (Fsp3) is 0. The first-order chi connectivity index (χ1) is 26.3. The smallest absolute Gasteiger partial charge is 0.101 e. The number of rotatable bonds is 4. The van der Waals surface area contributed by atoms with E-state index in [1.165, 1.54) is 32.6 Å². The molecule has 0 aliphatic heterocycles. The monoisotopic (exact) mass is 674 g/mol. The number of aromatic nitrogens is 3. The van der Waals surface area contributed by atoms with Gasteiger partial charge in [-0.3, -0.25) is 0 Å². The Kier molecular flexibility index (Phi) is 6.28. The van der Waals surface area contributed by atoms with E-state index >= 15 is 0 Å². The van der Waals surface area contributed by atoms with Crippen molar-refractivity contribution in [3.05, 3.63) is 188 Å². The van der Waals surface area contributed by atoms with Gasteiger partial charge in [-0.1, -0.05) is 115 Å². The molecule has 0 radical (unpaired) electrons. The van der Waals surface area contributed by atoms with Crippen LogP contribution in [0.25, 0.3) is 93.6 Å². The van der Waals surface area contributed by atoms with Crippen molar-refractivity contribution in [2.45, 2.75) is 0 Å². The highest BCUT2D eigenvalue weighted by Crippen LogP contribution is 2.45. The molecule has 4 heteroatoms. The molecule has 0 saturated heterocycles. The van der Waals surface area contributed by atoms with Crippen molar-refractivity contribution in [1.82, 2.24) is 13.7 Å². The van der Waals surface area contributed by atoms with Crippen molar-refractivity contribution >= 4 is 65.4 Å². The van der Waals surface area contributed by atoms with Gasteiger partial charge in [0.25, 0.3) is 0 Å². The predicted octanol–water partition coefficient (Wildman–Crippen LogP) is 12.5. The van der Waals surface area contributed by atoms with Crippen LogP contribution in [-0.4, -0.2) is 13.7 Å². The topological polar surface area (TPSA) is 38.6 Å². The van der Waals surface area contributed by atoms with E-state index < -0.39 is 0 Å². The Morgan fingerprint density at radius 2 is 0.736 bits per heavy atom. The van der Waals surface area contributed by atoms with Crippen molar-refractivity contribution < 1.29 is 0 Å². The maximum Gasteiger partial charge on any atom is 0.101 e. The lowest BCUT2D eigenvalue weighted by Gasteiger charge is -2.16. The van der Waals surface area contributed by atoms with Gasteiger partial charge in [-0.25, -0.2) is 0 Å². The third-order valence-corrected chi connectivity index (χ3v) is 10.9. The summed E-state index contributed by atoms with van der Waals surface area (Å²) in [4.78, 5) is 0. The lowest BCUT2D eigenvalue weighted by Crippen LogP contribution is -1.99. The Morgan fingerprint density at radius 3 is 1.30 bits per heavy atom. The fourth-order valence-corrected chi connectivity index (χ4v) is 8.79.